The summed E-state index contributed by atoms with van der Waals surface area (Å²) in [5.41, 5.74) is 2.66. The molecule has 0 saturated carbocycles. The van der Waals surface area contributed by atoms with Crippen LogP contribution in [-0.4, -0.2) is 9.38 Å². The van der Waals surface area contributed by atoms with Crippen molar-refractivity contribution in [2.45, 2.75) is 0 Å². The number of rotatable bonds is 1. The Bertz CT molecular complexity index is 593. The predicted molar refractivity (Wildman–Crippen MR) is 60.6 cm³/mol. The molecule has 0 atom stereocenters. The minimum absolute atomic E-state index is 0.229. The van der Waals surface area contributed by atoms with E-state index >= 15 is 0 Å². The van der Waals surface area contributed by atoms with E-state index in [9.17, 15) is 4.39 Å². The normalized spacial score (nSPS) is 10.8. The second-order valence-corrected chi connectivity index (χ2v) is 3.60. The number of fused-ring (bicyclic) bond motifs is 1. The van der Waals surface area contributed by atoms with Gasteiger partial charge in [-0.25, -0.2) is 9.37 Å². The highest BCUT2D eigenvalue weighted by atomic mass is 19.1. The van der Waals surface area contributed by atoms with Crippen LogP contribution in [0.2, 0.25) is 0 Å². The van der Waals surface area contributed by atoms with Gasteiger partial charge in [-0.05, 0) is 36.4 Å². The highest BCUT2D eigenvalue weighted by Gasteiger charge is 2.03. The Kier molecular flexibility index (Phi) is 1.96. The van der Waals surface area contributed by atoms with Gasteiger partial charge < -0.3 is 4.40 Å². The van der Waals surface area contributed by atoms with Crippen LogP contribution in [0, 0.1) is 5.82 Å². The van der Waals surface area contributed by atoms with Crippen molar-refractivity contribution in [1.82, 2.24) is 9.38 Å². The third-order valence-corrected chi connectivity index (χ3v) is 2.50. The van der Waals surface area contributed by atoms with Gasteiger partial charge in [-0.15, -0.1) is 0 Å². The van der Waals surface area contributed by atoms with Crippen molar-refractivity contribution in [3.8, 4) is 11.3 Å². The molecule has 0 fully saturated rings. The molecule has 2 heterocycles. The average Bonchev–Trinajstić information content (AvgIpc) is 2.73. The first-order valence-electron chi connectivity index (χ1n) is 5.02. The second-order valence-electron chi connectivity index (χ2n) is 3.60. The summed E-state index contributed by atoms with van der Waals surface area (Å²) in [4.78, 5) is 4.45. The Morgan fingerprint density at radius 2 is 1.81 bits per heavy atom. The molecule has 2 nitrogen and oxygen atoms in total. The van der Waals surface area contributed by atoms with Crippen molar-refractivity contribution < 1.29 is 4.39 Å². The molecule has 0 amide bonds. The van der Waals surface area contributed by atoms with Crippen LogP contribution >= 0.6 is 0 Å². The fraction of sp³-hybridized carbons (Fsp3) is 0. The lowest BCUT2D eigenvalue weighted by Gasteiger charge is -1.94. The van der Waals surface area contributed by atoms with E-state index in [2.05, 4.69) is 4.98 Å². The maximum Gasteiger partial charge on any atom is 0.137 e. The maximum atomic E-state index is 12.8. The Balaban J connectivity index is 2.15. The Morgan fingerprint density at radius 3 is 2.56 bits per heavy atom. The molecule has 16 heavy (non-hydrogen) atoms. The quantitative estimate of drug-likeness (QED) is 0.605. The number of hydrogen-bond donors (Lipinski definition) is 0. The van der Waals surface area contributed by atoms with Crippen molar-refractivity contribution in [2.24, 2.45) is 0 Å². The van der Waals surface area contributed by atoms with Gasteiger partial charge in [0.2, 0.25) is 0 Å². The lowest BCUT2D eigenvalue weighted by molar-refractivity contribution is 0.628. The van der Waals surface area contributed by atoms with Crippen molar-refractivity contribution >= 4 is 5.65 Å². The van der Waals surface area contributed by atoms with Crippen molar-refractivity contribution in [1.29, 1.82) is 0 Å². The highest BCUT2D eigenvalue weighted by molar-refractivity contribution is 5.62. The van der Waals surface area contributed by atoms with Gasteiger partial charge in [-0.3, -0.25) is 0 Å². The third-order valence-electron chi connectivity index (χ3n) is 2.50. The van der Waals surface area contributed by atoms with Crippen LogP contribution in [0.4, 0.5) is 4.39 Å². The second kappa shape index (κ2) is 3.45. The van der Waals surface area contributed by atoms with Crippen molar-refractivity contribution in [3.05, 3.63) is 60.7 Å². The standard InChI is InChI=1S/C13H9FN2/c14-11-6-4-10(5-7-11)12-9-16-8-2-1-3-13(16)15-12/h1-9H. The number of pyridine rings is 1. The molecule has 0 aliphatic heterocycles. The summed E-state index contributed by atoms with van der Waals surface area (Å²) >= 11 is 0. The molecule has 0 saturated heterocycles. The van der Waals surface area contributed by atoms with E-state index in [1.807, 2.05) is 35.0 Å². The SMILES string of the molecule is Fc1ccc(-c2cn3ccccc3n2)cc1. The first-order chi connectivity index (χ1) is 7.83. The zero-order valence-electron chi connectivity index (χ0n) is 8.47. The molecule has 78 valence electrons. The van der Waals surface area contributed by atoms with Gasteiger partial charge in [-0.1, -0.05) is 6.07 Å². The molecule has 3 rings (SSSR count). The number of aromatic nitrogens is 2. The van der Waals surface area contributed by atoms with Gasteiger partial charge in [0.05, 0.1) is 5.69 Å². The number of nitrogens with zero attached hydrogens (tertiary/aromatic N) is 2. The minimum Gasteiger partial charge on any atom is -0.306 e. The van der Waals surface area contributed by atoms with Crippen LogP contribution in [0.15, 0.2) is 54.9 Å². The molecule has 0 unspecified atom stereocenters. The average molecular weight is 212 g/mol. The number of hydrogen-bond acceptors (Lipinski definition) is 1. The monoisotopic (exact) mass is 212 g/mol. The number of benzene rings is 1. The van der Waals surface area contributed by atoms with Gasteiger partial charge in [0.25, 0.3) is 0 Å². The molecule has 0 radical (unpaired) electrons. The topological polar surface area (TPSA) is 17.3 Å². The van der Waals surface area contributed by atoms with Crippen LogP contribution in [-0.2, 0) is 0 Å². The molecule has 0 N–H and O–H groups in total. The number of imidazole rings is 1. The first kappa shape index (κ1) is 9.09. The summed E-state index contributed by atoms with van der Waals surface area (Å²) < 4.78 is 14.7. The van der Waals surface area contributed by atoms with Gasteiger partial charge in [0.1, 0.15) is 11.5 Å². The van der Waals surface area contributed by atoms with E-state index in [0.29, 0.717) is 0 Å². The van der Waals surface area contributed by atoms with Crippen molar-refractivity contribution in [3.63, 3.8) is 0 Å². The fourth-order valence-electron chi connectivity index (χ4n) is 1.69. The van der Waals surface area contributed by atoms with E-state index in [1.165, 1.54) is 12.1 Å². The fourth-order valence-corrected chi connectivity index (χ4v) is 1.69. The molecule has 0 spiro atoms. The molecular weight excluding hydrogens is 203 g/mol. The molecule has 1 aromatic carbocycles. The molecule has 3 heteroatoms. The van der Waals surface area contributed by atoms with Gasteiger partial charge in [0, 0.05) is 18.0 Å². The zero-order chi connectivity index (χ0) is 11.0. The molecule has 3 aromatic rings. The first-order valence-corrected chi connectivity index (χ1v) is 5.02. The van der Waals surface area contributed by atoms with E-state index in [1.54, 1.807) is 12.1 Å². The van der Waals surface area contributed by atoms with Crippen LogP contribution < -0.4 is 0 Å². The maximum absolute atomic E-state index is 12.8. The van der Waals surface area contributed by atoms with Crippen LogP contribution in [0.25, 0.3) is 16.9 Å². The summed E-state index contributed by atoms with van der Waals surface area (Å²) in [5, 5.41) is 0. The summed E-state index contributed by atoms with van der Waals surface area (Å²) in [6, 6.07) is 12.2. The number of halogens is 1. The Morgan fingerprint density at radius 1 is 1.00 bits per heavy atom. The smallest absolute Gasteiger partial charge is 0.137 e. The summed E-state index contributed by atoms with van der Waals surface area (Å²) in [5.74, 6) is -0.229. The lowest BCUT2D eigenvalue weighted by atomic mass is 10.2. The van der Waals surface area contributed by atoms with Gasteiger partial charge in [-0.2, -0.15) is 0 Å². The molecule has 0 aliphatic carbocycles. The van der Waals surface area contributed by atoms with E-state index in [0.717, 1.165) is 16.9 Å². The van der Waals surface area contributed by atoms with E-state index in [-0.39, 0.29) is 5.82 Å². The Hall–Kier alpha value is -2.16. The van der Waals surface area contributed by atoms with Crippen molar-refractivity contribution in [2.75, 3.05) is 0 Å². The van der Waals surface area contributed by atoms with Crippen LogP contribution in [0.1, 0.15) is 0 Å². The van der Waals surface area contributed by atoms with Crippen LogP contribution in [0.3, 0.4) is 0 Å². The summed E-state index contributed by atoms with van der Waals surface area (Å²) in [7, 11) is 0. The molecule has 2 aromatic heterocycles. The molecule has 0 aliphatic rings. The summed E-state index contributed by atoms with van der Waals surface area (Å²) in [6.07, 6.45) is 3.87. The lowest BCUT2D eigenvalue weighted by Crippen LogP contribution is -1.77. The Labute approximate surface area is 92.0 Å². The van der Waals surface area contributed by atoms with Gasteiger partial charge in [0.15, 0.2) is 0 Å². The summed E-state index contributed by atoms with van der Waals surface area (Å²) in [6.45, 7) is 0. The molecule has 0 bridgehead atoms. The predicted octanol–water partition coefficient (Wildman–Crippen LogP) is 3.14. The minimum atomic E-state index is -0.229. The zero-order valence-corrected chi connectivity index (χ0v) is 8.47. The highest BCUT2D eigenvalue weighted by Crippen LogP contribution is 2.19. The largest absolute Gasteiger partial charge is 0.306 e. The van der Waals surface area contributed by atoms with Crippen LogP contribution in [0.5, 0.6) is 0 Å². The molecular formula is C13H9FN2. The van der Waals surface area contributed by atoms with E-state index in [4.69, 9.17) is 0 Å². The third kappa shape index (κ3) is 1.46. The van der Waals surface area contributed by atoms with Gasteiger partial charge >= 0.3 is 0 Å². The van der Waals surface area contributed by atoms with E-state index < -0.39 is 0 Å².